The largest absolute Gasteiger partial charge is 0.481 e. The predicted octanol–water partition coefficient (Wildman–Crippen LogP) is 4.11. The summed E-state index contributed by atoms with van der Waals surface area (Å²) < 4.78 is 6.38. The average Bonchev–Trinajstić information content (AvgIpc) is 3.15. The van der Waals surface area contributed by atoms with Gasteiger partial charge in [-0.05, 0) is 36.8 Å². The predicted molar refractivity (Wildman–Crippen MR) is 106 cm³/mol. The smallest absolute Gasteiger partial charge is 0.266 e. The molecule has 0 aliphatic heterocycles. The number of ether oxygens (including phenoxy) is 1. The Morgan fingerprint density at radius 3 is 2.67 bits per heavy atom. The van der Waals surface area contributed by atoms with Crippen LogP contribution in [-0.4, -0.2) is 22.2 Å². The van der Waals surface area contributed by atoms with Crippen LogP contribution < -0.4 is 10.1 Å². The zero-order chi connectivity index (χ0) is 19.1. The van der Waals surface area contributed by atoms with Crippen LogP contribution in [-0.2, 0) is 10.5 Å². The summed E-state index contributed by atoms with van der Waals surface area (Å²) in [6, 6.07) is 18.7. The molecule has 6 nitrogen and oxygen atoms in total. The molecule has 0 bridgehead atoms. The van der Waals surface area contributed by atoms with Crippen LogP contribution in [0.1, 0.15) is 18.1 Å². The normalized spacial score (nSPS) is 11.4. The van der Waals surface area contributed by atoms with E-state index in [0.29, 0.717) is 16.4 Å². The summed E-state index contributed by atoms with van der Waals surface area (Å²) in [6.45, 7) is 1.65. The van der Waals surface area contributed by atoms with Crippen LogP contribution >= 0.6 is 23.1 Å². The number of carbonyl (C=O) groups excluding carboxylic acids is 1. The molecule has 2 aromatic carbocycles. The van der Waals surface area contributed by atoms with Crippen LogP contribution in [0.2, 0.25) is 0 Å². The first-order valence-electron chi connectivity index (χ1n) is 8.12. The van der Waals surface area contributed by atoms with Crippen molar-refractivity contribution in [2.24, 2.45) is 0 Å². The number of nitrogens with one attached hydrogen (secondary N) is 1. The lowest BCUT2D eigenvalue weighted by Crippen LogP contribution is -2.30. The van der Waals surface area contributed by atoms with E-state index in [0.717, 1.165) is 10.1 Å². The molecule has 1 aromatic heterocycles. The minimum Gasteiger partial charge on any atom is -0.481 e. The fraction of sp³-hybridized carbons (Fsp3) is 0.158. The van der Waals surface area contributed by atoms with Crippen molar-refractivity contribution in [1.29, 1.82) is 5.26 Å². The van der Waals surface area contributed by atoms with Crippen molar-refractivity contribution in [3.05, 3.63) is 65.7 Å². The fourth-order valence-corrected chi connectivity index (χ4v) is 3.82. The molecule has 27 heavy (non-hydrogen) atoms. The van der Waals surface area contributed by atoms with Gasteiger partial charge in [-0.15, -0.1) is 10.2 Å². The van der Waals surface area contributed by atoms with Gasteiger partial charge in [0.15, 0.2) is 10.4 Å². The van der Waals surface area contributed by atoms with E-state index in [4.69, 9.17) is 10.00 Å². The number of nitriles is 1. The fourth-order valence-electron chi connectivity index (χ4n) is 2.11. The van der Waals surface area contributed by atoms with Crippen LogP contribution in [0.25, 0.3) is 0 Å². The van der Waals surface area contributed by atoms with Crippen LogP contribution in [0.15, 0.2) is 58.9 Å². The van der Waals surface area contributed by atoms with Crippen LogP contribution in [0.5, 0.6) is 5.75 Å². The van der Waals surface area contributed by atoms with Crippen molar-refractivity contribution in [3.63, 3.8) is 0 Å². The third-order valence-electron chi connectivity index (χ3n) is 3.51. The summed E-state index contributed by atoms with van der Waals surface area (Å²) in [5.74, 6) is 1.00. The van der Waals surface area contributed by atoms with E-state index < -0.39 is 6.10 Å². The number of rotatable bonds is 7. The molecule has 0 spiro atoms. The molecule has 1 N–H and O–H groups in total. The first-order valence-corrected chi connectivity index (χ1v) is 9.92. The van der Waals surface area contributed by atoms with E-state index in [1.54, 1.807) is 43.0 Å². The quantitative estimate of drug-likeness (QED) is 0.478. The minimum absolute atomic E-state index is 0.310. The Labute approximate surface area is 165 Å². The maximum Gasteiger partial charge on any atom is 0.266 e. The molecule has 3 rings (SSSR count). The Morgan fingerprint density at radius 2 is 1.96 bits per heavy atom. The highest BCUT2D eigenvalue weighted by atomic mass is 32.2. The van der Waals surface area contributed by atoms with Gasteiger partial charge in [0.2, 0.25) is 5.13 Å². The molecule has 0 aliphatic rings. The third kappa shape index (κ3) is 5.54. The Kier molecular flexibility index (Phi) is 6.41. The van der Waals surface area contributed by atoms with Crippen LogP contribution in [0, 0.1) is 11.3 Å². The zero-order valence-corrected chi connectivity index (χ0v) is 16.1. The van der Waals surface area contributed by atoms with E-state index in [9.17, 15) is 4.79 Å². The lowest BCUT2D eigenvalue weighted by Gasteiger charge is -2.13. The molecule has 136 valence electrons. The van der Waals surface area contributed by atoms with Crippen LogP contribution in [0.4, 0.5) is 5.13 Å². The summed E-state index contributed by atoms with van der Waals surface area (Å²) in [5.41, 5.74) is 1.74. The number of benzene rings is 2. The summed E-state index contributed by atoms with van der Waals surface area (Å²) in [7, 11) is 0. The lowest BCUT2D eigenvalue weighted by atomic mass is 10.2. The zero-order valence-electron chi connectivity index (χ0n) is 14.5. The number of hydrogen-bond acceptors (Lipinski definition) is 7. The van der Waals surface area contributed by atoms with Crippen molar-refractivity contribution < 1.29 is 9.53 Å². The Hall–Kier alpha value is -2.89. The van der Waals surface area contributed by atoms with Gasteiger partial charge < -0.3 is 4.74 Å². The average molecular weight is 396 g/mol. The first-order chi connectivity index (χ1) is 13.1. The molecule has 1 amide bonds. The number of hydrogen-bond donors (Lipinski definition) is 1. The van der Waals surface area contributed by atoms with E-state index in [1.807, 2.05) is 24.3 Å². The molecule has 0 fully saturated rings. The monoisotopic (exact) mass is 396 g/mol. The maximum atomic E-state index is 12.3. The number of anilines is 1. The third-order valence-corrected chi connectivity index (χ3v) is 5.55. The van der Waals surface area contributed by atoms with E-state index in [2.05, 4.69) is 27.6 Å². The van der Waals surface area contributed by atoms with Crippen LogP contribution in [0.3, 0.4) is 0 Å². The van der Waals surface area contributed by atoms with E-state index >= 15 is 0 Å². The van der Waals surface area contributed by atoms with Gasteiger partial charge in [0.25, 0.3) is 5.91 Å². The molecule has 1 heterocycles. The standard InChI is InChI=1S/C19H16N4O2S2/c1-13(25-16-9-7-14(11-20)8-10-16)17(24)21-18-22-23-19(27-18)26-12-15-5-3-2-4-6-15/h2-10,13H,12H2,1H3,(H,21,22,24)/t13-/m0/s1. The van der Waals surface area contributed by atoms with Gasteiger partial charge in [0.05, 0.1) is 11.6 Å². The molecule has 1 atom stereocenters. The minimum atomic E-state index is -0.706. The highest BCUT2D eigenvalue weighted by Gasteiger charge is 2.17. The van der Waals surface area contributed by atoms with Crippen molar-refractivity contribution in [2.75, 3.05) is 5.32 Å². The van der Waals surface area contributed by atoms with Gasteiger partial charge in [0.1, 0.15) is 5.75 Å². The molecule has 0 saturated heterocycles. The van der Waals surface area contributed by atoms with Crippen molar-refractivity contribution >= 4 is 34.1 Å². The first kappa shape index (κ1) is 18.9. The highest BCUT2D eigenvalue weighted by Crippen LogP contribution is 2.28. The molecular formula is C19H16N4O2S2. The second-order valence-corrected chi connectivity index (χ2v) is 7.73. The van der Waals surface area contributed by atoms with Crippen molar-refractivity contribution in [2.45, 2.75) is 23.1 Å². The highest BCUT2D eigenvalue weighted by molar-refractivity contribution is 8.00. The molecule has 0 aliphatic carbocycles. The molecule has 8 heteroatoms. The topological polar surface area (TPSA) is 87.9 Å². The summed E-state index contributed by atoms with van der Waals surface area (Å²) in [5, 5.41) is 20.1. The Bertz CT molecular complexity index is 936. The number of nitrogens with zero attached hydrogens (tertiary/aromatic N) is 3. The summed E-state index contributed by atoms with van der Waals surface area (Å²) in [6.07, 6.45) is -0.706. The van der Waals surface area contributed by atoms with Gasteiger partial charge >= 0.3 is 0 Å². The van der Waals surface area contributed by atoms with Crippen molar-refractivity contribution in [3.8, 4) is 11.8 Å². The molecule has 3 aromatic rings. The second-order valence-electron chi connectivity index (χ2n) is 5.53. The summed E-state index contributed by atoms with van der Waals surface area (Å²) in [4.78, 5) is 12.3. The van der Waals surface area contributed by atoms with Gasteiger partial charge in [-0.25, -0.2) is 0 Å². The molecular weight excluding hydrogens is 380 g/mol. The SMILES string of the molecule is C[C@H](Oc1ccc(C#N)cc1)C(=O)Nc1nnc(SCc2ccccc2)s1. The van der Waals surface area contributed by atoms with Gasteiger partial charge in [0, 0.05) is 5.75 Å². The van der Waals surface area contributed by atoms with Gasteiger partial charge in [-0.3, -0.25) is 10.1 Å². The molecule has 0 saturated carbocycles. The van der Waals surface area contributed by atoms with Gasteiger partial charge in [-0.2, -0.15) is 5.26 Å². The van der Waals surface area contributed by atoms with E-state index in [1.165, 1.54) is 16.9 Å². The number of amides is 1. The lowest BCUT2D eigenvalue weighted by molar-refractivity contribution is -0.122. The number of aromatic nitrogens is 2. The van der Waals surface area contributed by atoms with Crippen molar-refractivity contribution in [1.82, 2.24) is 10.2 Å². The number of carbonyl (C=O) groups is 1. The van der Waals surface area contributed by atoms with E-state index in [-0.39, 0.29) is 5.91 Å². The number of thioether (sulfide) groups is 1. The Morgan fingerprint density at radius 1 is 1.22 bits per heavy atom. The van der Waals surface area contributed by atoms with Gasteiger partial charge in [-0.1, -0.05) is 53.4 Å². The summed E-state index contributed by atoms with van der Waals surface area (Å²) >= 11 is 2.90. The second kappa shape index (κ2) is 9.16. The molecule has 0 radical (unpaired) electrons. The Balaban J connectivity index is 1.51. The molecule has 0 unspecified atom stereocenters. The maximum absolute atomic E-state index is 12.3.